The van der Waals surface area contributed by atoms with Gasteiger partial charge in [0.05, 0.1) is 39.9 Å². The van der Waals surface area contributed by atoms with E-state index in [1.807, 2.05) is 61.2 Å². The maximum atomic E-state index is 17.1. The van der Waals surface area contributed by atoms with Crippen LogP contribution < -0.4 is 20.9 Å². The van der Waals surface area contributed by atoms with E-state index in [0.717, 1.165) is 21.7 Å². The fourth-order valence-corrected chi connectivity index (χ4v) is 10.8. The van der Waals surface area contributed by atoms with Gasteiger partial charge in [-0.3, -0.25) is 24.0 Å². The Labute approximate surface area is 455 Å². The van der Waals surface area contributed by atoms with E-state index in [4.69, 9.17) is 21.3 Å². The number of hydrogen-bond donors (Lipinski definition) is 5. The number of carbonyl (C=O) groups is 5. The van der Waals surface area contributed by atoms with E-state index in [1.54, 1.807) is 67.8 Å². The van der Waals surface area contributed by atoms with Gasteiger partial charge in [0.1, 0.15) is 35.8 Å². The molecule has 0 bridgehead atoms. The second-order valence-electron chi connectivity index (χ2n) is 20.5. The SMILES string of the molecule is C=CC(=O)N1CCN(c2nc(NCCC(=O)N(C)CCOCC(=O)NC(C(=O)N3C[C@H](O)C[C@H]3C(=O)N[C@@H](C)c3ccc(-c4scnc4C)cc3)C(C)(C)C)nc3c(F)c(-c4cc(O)cc5ccccc45)c(Cl)cc23)CC1. The van der Waals surface area contributed by atoms with Crippen LogP contribution in [-0.4, -0.2) is 154 Å². The van der Waals surface area contributed by atoms with Crippen LogP contribution in [0.5, 0.6) is 5.75 Å². The van der Waals surface area contributed by atoms with Crippen molar-refractivity contribution in [3.63, 3.8) is 0 Å². The monoisotopic (exact) mass is 1090 g/mol. The van der Waals surface area contributed by atoms with Crippen molar-refractivity contribution in [3.8, 4) is 27.3 Å². The fourth-order valence-electron chi connectivity index (χ4n) is 9.70. The van der Waals surface area contributed by atoms with Gasteiger partial charge in [-0.15, -0.1) is 11.3 Å². The first-order valence-corrected chi connectivity index (χ1v) is 26.7. The predicted molar refractivity (Wildman–Crippen MR) is 296 cm³/mol. The van der Waals surface area contributed by atoms with Crippen LogP contribution in [0.25, 0.3) is 43.2 Å². The van der Waals surface area contributed by atoms with Gasteiger partial charge in [-0.2, -0.15) is 4.98 Å². The first-order chi connectivity index (χ1) is 36.7. The number of phenolic OH excluding ortho intramolecular Hbond substituents is 1. The molecule has 4 aromatic carbocycles. The highest BCUT2D eigenvalue weighted by Crippen LogP contribution is 2.42. The van der Waals surface area contributed by atoms with Gasteiger partial charge in [0.15, 0.2) is 5.82 Å². The van der Waals surface area contributed by atoms with Gasteiger partial charge >= 0.3 is 0 Å². The number of ether oxygens (including phenoxy) is 1. The highest BCUT2D eigenvalue weighted by Gasteiger charge is 2.45. The summed E-state index contributed by atoms with van der Waals surface area (Å²) in [6, 6.07) is 17.3. The molecule has 2 aliphatic heterocycles. The Bertz CT molecular complexity index is 3200. The van der Waals surface area contributed by atoms with E-state index >= 15 is 4.39 Å². The summed E-state index contributed by atoms with van der Waals surface area (Å²) in [6.07, 6.45) is 0.350. The average Bonchev–Trinajstić information content (AvgIpc) is 4.03. The number of likely N-dealkylation sites (N-methyl/N-ethyl adjacent to an activating group) is 1. The van der Waals surface area contributed by atoms with Crippen molar-refractivity contribution in [1.29, 1.82) is 0 Å². The van der Waals surface area contributed by atoms with Gasteiger partial charge in [0, 0.05) is 76.7 Å². The Morgan fingerprint density at radius 1 is 1.01 bits per heavy atom. The van der Waals surface area contributed by atoms with Crippen molar-refractivity contribution in [2.45, 2.75) is 71.7 Å². The molecular formula is C56H64ClFN10O8S. The summed E-state index contributed by atoms with van der Waals surface area (Å²) in [6.45, 7) is 14.0. The van der Waals surface area contributed by atoms with Gasteiger partial charge in [-0.05, 0) is 71.0 Å². The Hall–Kier alpha value is -7.26. The number of β-amino-alcohol motifs (C(OH)–C–C–N with tert-alkyl or cyclic N) is 1. The fraction of sp³-hybridized carbons (Fsp3) is 0.393. The third kappa shape index (κ3) is 12.8. The molecular weight excluding hydrogens is 1030 g/mol. The second-order valence-corrected chi connectivity index (χ2v) is 21.7. The quantitative estimate of drug-likeness (QED) is 0.0439. The number of aromatic hydroxyl groups is 1. The van der Waals surface area contributed by atoms with Gasteiger partial charge in [0.25, 0.3) is 0 Å². The molecule has 77 heavy (non-hydrogen) atoms. The lowest BCUT2D eigenvalue weighted by Crippen LogP contribution is -2.58. The number of carbonyl (C=O) groups excluding carboxylic acids is 5. The molecule has 2 saturated heterocycles. The number of amides is 5. The molecule has 21 heteroatoms. The highest BCUT2D eigenvalue weighted by atomic mass is 35.5. The lowest BCUT2D eigenvalue weighted by atomic mass is 9.85. The minimum atomic E-state index is -1.06. The molecule has 1 unspecified atom stereocenters. The minimum Gasteiger partial charge on any atom is -0.508 e. The molecule has 8 rings (SSSR count). The van der Waals surface area contributed by atoms with E-state index in [2.05, 4.69) is 32.5 Å². The molecule has 4 heterocycles. The van der Waals surface area contributed by atoms with Crippen LogP contribution in [0.4, 0.5) is 16.2 Å². The Morgan fingerprint density at radius 3 is 2.43 bits per heavy atom. The molecule has 5 amide bonds. The molecule has 0 saturated carbocycles. The third-order valence-electron chi connectivity index (χ3n) is 14.0. The lowest BCUT2D eigenvalue weighted by Gasteiger charge is -2.35. The number of aromatic nitrogens is 3. The third-order valence-corrected chi connectivity index (χ3v) is 15.2. The normalized spacial score (nSPS) is 16.6. The predicted octanol–water partition coefficient (Wildman–Crippen LogP) is 6.86. The molecule has 2 fully saturated rings. The van der Waals surface area contributed by atoms with Crippen LogP contribution in [0, 0.1) is 18.2 Å². The number of likely N-dealkylation sites (tertiary alicyclic amines) is 1. The highest BCUT2D eigenvalue weighted by molar-refractivity contribution is 7.13. The number of benzene rings is 4. The summed E-state index contributed by atoms with van der Waals surface area (Å²) >= 11 is 8.44. The summed E-state index contributed by atoms with van der Waals surface area (Å²) in [4.78, 5) is 88.1. The molecule has 0 radical (unpaired) electrons. The summed E-state index contributed by atoms with van der Waals surface area (Å²) in [5.41, 5.74) is 4.22. The Kier molecular flexibility index (Phi) is 17.4. The van der Waals surface area contributed by atoms with Crippen LogP contribution in [0.3, 0.4) is 0 Å². The minimum absolute atomic E-state index is 0.00890. The zero-order valence-corrected chi connectivity index (χ0v) is 45.5. The topological polar surface area (TPSA) is 223 Å². The summed E-state index contributed by atoms with van der Waals surface area (Å²) in [5.74, 6) is -2.34. The van der Waals surface area contributed by atoms with E-state index in [9.17, 15) is 34.2 Å². The van der Waals surface area contributed by atoms with Crippen LogP contribution >= 0.6 is 22.9 Å². The van der Waals surface area contributed by atoms with Crippen molar-refractivity contribution < 1.29 is 43.3 Å². The molecule has 18 nitrogen and oxygen atoms in total. The smallest absolute Gasteiger partial charge is 0.246 e. The number of anilines is 2. The number of fused-ring (bicyclic) bond motifs is 2. The maximum Gasteiger partial charge on any atom is 0.246 e. The standard InChI is InChI=1S/C56H64ClFN10O8S/c1-8-45(72)66-19-21-67(22-20-66)52-41-28-42(57)47(40-26-37(69)25-36-11-9-10-12-39(36)40)48(58)49(41)63-55(64-52)59-18-17-46(73)65(7)23-24-76-30-44(71)62-51(56(4,5)6)54(75)68-29-38(70)27-43(68)53(74)61-32(2)34-13-15-35(16-14-34)50-33(3)60-31-77-50/h8-16,25-26,28,31-32,38,43,51,69-70H,1,17-24,27,29-30H2,2-7H3,(H,61,74)(H,62,71)(H,59,63,64)/t32-,38+,43-,51?/m0/s1. The number of nitrogens with one attached hydrogen (secondary N) is 3. The molecule has 5 N–H and O–H groups in total. The van der Waals surface area contributed by atoms with E-state index in [-0.39, 0.29) is 78.7 Å². The lowest BCUT2D eigenvalue weighted by molar-refractivity contribution is -0.144. The van der Waals surface area contributed by atoms with E-state index < -0.39 is 59.8 Å². The summed E-state index contributed by atoms with van der Waals surface area (Å²) in [7, 11) is 1.59. The first kappa shape index (κ1) is 56.0. The number of aliphatic hydroxyl groups is 1. The molecule has 2 aromatic heterocycles. The van der Waals surface area contributed by atoms with Crippen molar-refractivity contribution in [2.24, 2.45) is 5.41 Å². The number of halogens is 2. The number of nitrogens with zero attached hydrogens (tertiary/aromatic N) is 7. The van der Waals surface area contributed by atoms with Gasteiger partial charge in [-0.25, -0.2) is 14.4 Å². The van der Waals surface area contributed by atoms with Gasteiger partial charge in [0.2, 0.25) is 35.5 Å². The van der Waals surface area contributed by atoms with Crippen LogP contribution in [0.2, 0.25) is 5.02 Å². The van der Waals surface area contributed by atoms with Gasteiger partial charge in [-0.1, -0.05) is 87.5 Å². The molecule has 4 atom stereocenters. The number of hydrogen-bond acceptors (Lipinski definition) is 14. The van der Waals surface area contributed by atoms with Gasteiger partial charge < -0.3 is 50.5 Å². The van der Waals surface area contributed by atoms with Crippen LogP contribution in [0.15, 0.2) is 84.9 Å². The first-order valence-electron chi connectivity index (χ1n) is 25.4. The number of phenols is 1. The Morgan fingerprint density at radius 2 is 1.74 bits per heavy atom. The van der Waals surface area contributed by atoms with E-state index in [1.165, 1.54) is 21.9 Å². The number of aliphatic hydroxyl groups excluding tert-OH is 1. The number of piperazine rings is 1. The van der Waals surface area contributed by atoms with E-state index in [0.29, 0.717) is 53.7 Å². The molecule has 0 aliphatic carbocycles. The van der Waals surface area contributed by atoms with Crippen molar-refractivity contribution in [3.05, 3.63) is 107 Å². The maximum absolute atomic E-state index is 17.1. The van der Waals surface area contributed by atoms with Crippen molar-refractivity contribution in [1.82, 2.24) is 40.3 Å². The zero-order chi connectivity index (χ0) is 55.3. The zero-order valence-electron chi connectivity index (χ0n) is 43.9. The van der Waals surface area contributed by atoms with Crippen molar-refractivity contribution >= 4 is 85.9 Å². The van der Waals surface area contributed by atoms with Crippen LogP contribution in [0.1, 0.15) is 57.8 Å². The van der Waals surface area contributed by atoms with Crippen molar-refractivity contribution in [2.75, 3.05) is 76.3 Å². The second kappa shape index (κ2) is 24.0. The molecule has 0 spiro atoms. The molecule has 2 aliphatic rings. The largest absolute Gasteiger partial charge is 0.508 e. The molecule has 406 valence electrons. The number of rotatable bonds is 18. The van der Waals surface area contributed by atoms with Crippen LogP contribution in [-0.2, 0) is 28.7 Å². The number of thiazole rings is 1. The Balaban J connectivity index is 0.861. The average molecular weight is 1090 g/mol. The molecule has 6 aromatic rings. The summed E-state index contributed by atoms with van der Waals surface area (Å²) in [5, 5.41) is 32.0. The number of aryl methyl sites for hydroxylation is 1. The summed E-state index contributed by atoms with van der Waals surface area (Å²) < 4.78 is 22.7.